The van der Waals surface area contributed by atoms with Gasteiger partial charge in [-0.25, -0.2) is 4.79 Å². The Balaban J connectivity index is 1.22. The lowest BCUT2D eigenvalue weighted by molar-refractivity contribution is -0.134. The molecule has 1 saturated heterocycles. The van der Waals surface area contributed by atoms with Gasteiger partial charge in [-0.05, 0) is 42.7 Å². The molecule has 1 aliphatic carbocycles. The summed E-state index contributed by atoms with van der Waals surface area (Å²) in [5.74, 6) is -0.382. The summed E-state index contributed by atoms with van der Waals surface area (Å²) in [5.41, 5.74) is 3.24. The highest BCUT2D eigenvalue weighted by atomic mass is 16.6. The molecule has 0 unspecified atom stereocenters. The average molecular weight is 468 g/mol. The van der Waals surface area contributed by atoms with Gasteiger partial charge in [0.25, 0.3) is 5.91 Å². The van der Waals surface area contributed by atoms with Crippen LogP contribution in [0.15, 0.2) is 66.9 Å². The third kappa shape index (κ3) is 3.33. The second-order valence-electron chi connectivity index (χ2n) is 9.58. The average Bonchev–Trinajstić information content (AvgIpc) is 3.54. The molecule has 7 heteroatoms. The number of hydrogen-bond acceptors (Lipinski definition) is 5. The van der Waals surface area contributed by atoms with Crippen LogP contribution in [0.25, 0.3) is 11.3 Å². The van der Waals surface area contributed by atoms with Gasteiger partial charge in [0.15, 0.2) is 5.60 Å². The minimum atomic E-state index is -0.739. The van der Waals surface area contributed by atoms with E-state index in [1.165, 1.54) is 0 Å². The van der Waals surface area contributed by atoms with Gasteiger partial charge in [-0.3, -0.25) is 14.6 Å². The van der Waals surface area contributed by atoms with Gasteiger partial charge in [-0.1, -0.05) is 36.4 Å². The molecular formula is C28H25N3O4. The second kappa shape index (κ2) is 7.77. The summed E-state index contributed by atoms with van der Waals surface area (Å²) in [6.45, 7) is 0.939. The van der Waals surface area contributed by atoms with Crippen LogP contribution in [0.2, 0.25) is 0 Å². The van der Waals surface area contributed by atoms with E-state index < -0.39 is 11.0 Å². The quantitative estimate of drug-likeness (QED) is 0.594. The van der Waals surface area contributed by atoms with Crippen LogP contribution in [-0.4, -0.2) is 47.8 Å². The molecule has 3 aliphatic rings. The number of carbonyl (C=O) groups is 3. The second-order valence-corrected chi connectivity index (χ2v) is 9.58. The van der Waals surface area contributed by atoms with E-state index in [4.69, 9.17) is 4.74 Å². The van der Waals surface area contributed by atoms with E-state index in [9.17, 15) is 14.4 Å². The number of hydrogen-bond donors (Lipinski definition) is 1. The summed E-state index contributed by atoms with van der Waals surface area (Å²) in [5, 5.41) is 2.63. The van der Waals surface area contributed by atoms with Crippen LogP contribution in [0.3, 0.4) is 0 Å². The zero-order valence-electron chi connectivity index (χ0n) is 19.4. The first-order valence-electron chi connectivity index (χ1n) is 11.9. The molecule has 1 aromatic heterocycles. The SMILES string of the molecule is CNC(=O)c1cccc(-c2ccc(C3(C(=O)N4CC[C@@]5(C4)OC(=O)c4ccccc45)CC3)cn2)c1. The van der Waals surface area contributed by atoms with Crippen molar-refractivity contribution in [2.75, 3.05) is 20.1 Å². The fourth-order valence-corrected chi connectivity index (χ4v) is 5.47. The molecule has 35 heavy (non-hydrogen) atoms. The normalized spacial score (nSPS) is 21.5. The van der Waals surface area contributed by atoms with E-state index in [2.05, 4.69) is 10.3 Å². The van der Waals surface area contributed by atoms with Crippen molar-refractivity contribution >= 4 is 17.8 Å². The van der Waals surface area contributed by atoms with Crippen molar-refractivity contribution in [1.82, 2.24) is 15.2 Å². The van der Waals surface area contributed by atoms with Crippen molar-refractivity contribution < 1.29 is 19.1 Å². The molecule has 3 aromatic rings. The zero-order chi connectivity index (χ0) is 24.2. The number of ether oxygens (including phenoxy) is 1. The van der Waals surface area contributed by atoms with Crippen LogP contribution in [0.5, 0.6) is 0 Å². The third-order valence-electron chi connectivity index (χ3n) is 7.57. The highest BCUT2D eigenvalue weighted by Gasteiger charge is 2.57. The van der Waals surface area contributed by atoms with E-state index in [1.54, 1.807) is 25.4 Å². The zero-order valence-corrected chi connectivity index (χ0v) is 19.4. The number of aromatic nitrogens is 1. The predicted octanol–water partition coefficient (Wildman–Crippen LogP) is 3.44. The van der Waals surface area contributed by atoms with E-state index in [-0.39, 0.29) is 17.8 Å². The summed E-state index contributed by atoms with van der Waals surface area (Å²) in [4.78, 5) is 44.5. The lowest BCUT2D eigenvalue weighted by Gasteiger charge is -2.26. The Hall–Kier alpha value is -4.00. The molecule has 2 fully saturated rings. The maximum Gasteiger partial charge on any atom is 0.339 e. The van der Waals surface area contributed by atoms with Crippen LogP contribution in [0.4, 0.5) is 0 Å². The molecule has 2 amide bonds. The molecule has 1 atom stereocenters. The lowest BCUT2D eigenvalue weighted by atomic mass is 9.91. The Morgan fingerprint density at radius 1 is 1.03 bits per heavy atom. The van der Waals surface area contributed by atoms with Crippen LogP contribution in [-0.2, 0) is 20.5 Å². The molecule has 3 heterocycles. The van der Waals surface area contributed by atoms with E-state index in [1.807, 2.05) is 53.4 Å². The number of amides is 2. The fourth-order valence-electron chi connectivity index (χ4n) is 5.47. The van der Waals surface area contributed by atoms with Gasteiger partial charge in [0.1, 0.15) is 0 Å². The summed E-state index contributed by atoms with van der Waals surface area (Å²) in [7, 11) is 1.60. The molecule has 2 aromatic carbocycles. The Morgan fingerprint density at radius 3 is 2.60 bits per heavy atom. The van der Waals surface area contributed by atoms with E-state index in [0.717, 1.165) is 35.2 Å². The van der Waals surface area contributed by atoms with Gasteiger partial charge in [-0.15, -0.1) is 0 Å². The van der Waals surface area contributed by atoms with Crippen molar-refractivity contribution in [2.24, 2.45) is 0 Å². The van der Waals surface area contributed by atoms with Gasteiger partial charge in [0.05, 0.1) is 23.2 Å². The van der Waals surface area contributed by atoms with Gasteiger partial charge >= 0.3 is 5.97 Å². The van der Waals surface area contributed by atoms with Gasteiger partial charge < -0.3 is 15.0 Å². The van der Waals surface area contributed by atoms with Gasteiger partial charge in [0, 0.05) is 42.9 Å². The molecule has 0 bridgehead atoms. The molecule has 1 N–H and O–H groups in total. The molecule has 2 aliphatic heterocycles. The topological polar surface area (TPSA) is 88.6 Å². The minimum absolute atomic E-state index is 0.0750. The highest BCUT2D eigenvalue weighted by molar-refractivity contribution is 5.96. The summed E-state index contributed by atoms with van der Waals surface area (Å²) < 4.78 is 5.83. The maximum absolute atomic E-state index is 13.7. The van der Waals surface area contributed by atoms with E-state index in [0.29, 0.717) is 30.6 Å². The van der Waals surface area contributed by atoms with Crippen LogP contribution < -0.4 is 5.32 Å². The standard InChI is InChI=1S/C28H25N3O4/c1-29-24(32)19-6-4-5-18(15-19)23-10-9-20(16-30-23)27(11-12-27)26(34)31-14-13-28(17-31)22-8-3-2-7-21(22)25(33)35-28/h2-10,15-16H,11-14,17H2,1H3,(H,29,32)/t28-/m0/s1. The molecule has 7 nitrogen and oxygen atoms in total. The van der Waals surface area contributed by atoms with Crippen molar-refractivity contribution in [3.63, 3.8) is 0 Å². The van der Waals surface area contributed by atoms with E-state index >= 15 is 0 Å². The Labute approximate surface area is 203 Å². The number of nitrogens with zero attached hydrogens (tertiary/aromatic N) is 2. The largest absolute Gasteiger partial charge is 0.449 e. The molecule has 176 valence electrons. The van der Waals surface area contributed by atoms with Crippen LogP contribution in [0.1, 0.15) is 51.1 Å². The highest BCUT2D eigenvalue weighted by Crippen LogP contribution is 2.52. The summed E-state index contributed by atoms with van der Waals surface area (Å²) >= 11 is 0. The van der Waals surface area contributed by atoms with Crippen molar-refractivity contribution in [3.05, 3.63) is 89.1 Å². The third-order valence-corrected chi connectivity index (χ3v) is 7.57. The van der Waals surface area contributed by atoms with Crippen molar-refractivity contribution in [2.45, 2.75) is 30.3 Å². The number of esters is 1. The maximum atomic E-state index is 13.7. The smallest absolute Gasteiger partial charge is 0.339 e. The number of carbonyl (C=O) groups excluding carboxylic acids is 3. The fraction of sp³-hybridized carbons (Fsp3) is 0.286. The molecule has 6 rings (SSSR count). The van der Waals surface area contributed by atoms with Crippen molar-refractivity contribution in [3.8, 4) is 11.3 Å². The first-order chi connectivity index (χ1) is 17.0. The minimum Gasteiger partial charge on any atom is -0.449 e. The predicted molar refractivity (Wildman–Crippen MR) is 129 cm³/mol. The Morgan fingerprint density at radius 2 is 1.86 bits per heavy atom. The van der Waals surface area contributed by atoms with Gasteiger partial charge in [0.2, 0.25) is 5.91 Å². The van der Waals surface area contributed by atoms with Crippen LogP contribution in [0, 0.1) is 0 Å². The molecule has 1 spiro atoms. The number of pyridine rings is 1. The summed E-state index contributed by atoms with van der Waals surface area (Å²) in [6.07, 6.45) is 3.94. The Bertz CT molecular complexity index is 1360. The molecule has 1 saturated carbocycles. The first-order valence-corrected chi connectivity index (χ1v) is 11.9. The monoisotopic (exact) mass is 467 g/mol. The number of nitrogens with one attached hydrogen (secondary N) is 1. The molecule has 0 radical (unpaired) electrons. The number of benzene rings is 2. The lowest BCUT2D eigenvalue weighted by Crippen LogP contribution is -2.40. The molecular weight excluding hydrogens is 442 g/mol. The van der Waals surface area contributed by atoms with Gasteiger partial charge in [-0.2, -0.15) is 0 Å². The number of likely N-dealkylation sites (tertiary alicyclic amines) is 1. The number of rotatable bonds is 4. The number of fused-ring (bicyclic) bond motifs is 2. The van der Waals surface area contributed by atoms with Crippen molar-refractivity contribution in [1.29, 1.82) is 0 Å². The van der Waals surface area contributed by atoms with Crippen LogP contribution >= 0.6 is 0 Å². The Kier molecular flexibility index (Phi) is 4.78. The summed E-state index contributed by atoms with van der Waals surface area (Å²) in [6, 6.07) is 18.7. The first kappa shape index (κ1) is 21.5.